The molecule has 0 aliphatic rings. The molecule has 0 saturated heterocycles. The van der Waals surface area contributed by atoms with E-state index in [1.165, 1.54) is 16.7 Å². The van der Waals surface area contributed by atoms with Gasteiger partial charge in [0.15, 0.2) is 0 Å². The zero-order chi connectivity index (χ0) is 13.0. The molecule has 0 aliphatic carbocycles. The van der Waals surface area contributed by atoms with E-state index in [2.05, 4.69) is 65.1 Å². The number of benzene rings is 1. The molecule has 17 heavy (non-hydrogen) atoms. The van der Waals surface area contributed by atoms with Crippen molar-refractivity contribution in [3.63, 3.8) is 0 Å². The van der Waals surface area contributed by atoms with Gasteiger partial charge in [0, 0.05) is 12.1 Å². The first-order valence-corrected chi connectivity index (χ1v) is 6.71. The van der Waals surface area contributed by atoms with Crippen LogP contribution >= 0.6 is 0 Å². The molecule has 0 heterocycles. The monoisotopic (exact) mass is 233 g/mol. The van der Waals surface area contributed by atoms with Crippen molar-refractivity contribution in [3.8, 4) is 0 Å². The predicted molar refractivity (Wildman–Crippen MR) is 76.5 cm³/mol. The molecule has 1 aromatic carbocycles. The van der Waals surface area contributed by atoms with E-state index in [0.717, 1.165) is 6.42 Å². The van der Waals surface area contributed by atoms with Gasteiger partial charge in [-0.25, -0.2) is 0 Å². The molecule has 1 rings (SSSR count). The summed E-state index contributed by atoms with van der Waals surface area (Å²) in [5.74, 6) is 0.665. The highest BCUT2D eigenvalue weighted by atomic mass is 14.9. The van der Waals surface area contributed by atoms with Crippen LogP contribution in [0.5, 0.6) is 0 Å². The van der Waals surface area contributed by atoms with Crippen molar-refractivity contribution in [1.29, 1.82) is 0 Å². The molecule has 0 aromatic heterocycles. The Morgan fingerprint density at radius 3 is 1.94 bits per heavy atom. The smallest absolute Gasteiger partial charge is 0.00698 e. The molecule has 2 atom stereocenters. The van der Waals surface area contributed by atoms with Crippen LogP contribution in [-0.4, -0.2) is 12.1 Å². The van der Waals surface area contributed by atoms with Crippen molar-refractivity contribution >= 4 is 0 Å². The Bertz CT molecular complexity index is 334. The van der Waals surface area contributed by atoms with E-state index in [0.29, 0.717) is 18.0 Å². The van der Waals surface area contributed by atoms with Gasteiger partial charge in [-0.05, 0) is 38.7 Å². The van der Waals surface area contributed by atoms with Gasteiger partial charge in [0.05, 0.1) is 0 Å². The quantitative estimate of drug-likeness (QED) is 0.814. The van der Waals surface area contributed by atoms with Crippen molar-refractivity contribution in [2.45, 2.75) is 60.0 Å². The summed E-state index contributed by atoms with van der Waals surface area (Å²) in [5.41, 5.74) is 4.21. The van der Waals surface area contributed by atoms with Crippen LogP contribution in [0, 0.1) is 19.8 Å². The summed E-state index contributed by atoms with van der Waals surface area (Å²) in [6.45, 7) is 13.4. The summed E-state index contributed by atoms with van der Waals surface area (Å²) < 4.78 is 0. The number of hydrogen-bond acceptors (Lipinski definition) is 1. The molecule has 0 amide bonds. The second kappa shape index (κ2) is 6.20. The van der Waals surface area contributed by atoms with Crippen molar-refractivity contribution in [2.75, 3.05) is 0 Å². The Hall–Kier alpha value is -0.820. The average Bonchev–Trinajstić information content (AvgIpc) is 2.14. The standard InChI is InChI=1S/C16H27N/c1-11(2)17-15(6)14(5)10-16-8-12(3)7-13(4)9-16/h7-9,11,14-15,17H,10H2,1-6H3. The predicted octanol–water partition coefficient (Wildman–Crippen LogP) is 3.87. The fourth-order valence-electron chi connectivity index (χ4n) is 2.43. The van der Waals surface area contributed by atoms with Crippen molar-refractivity contribution in [1.82, 2.24) is 5.32 Å². The largest absolute Gasteiger partial charge is 0.312 e. The number of hydrogen-bond donors (Lipinski definition) is 1. The maximum absolute atomic E-state index is 3.59. The highest BCUT2D eigenvalue weighted by molar-refractivity contribution is 5.28. The SMILES string of the molecule is Cc1cc(C)cc(CC(C)C(C)NC(C)C)c1. The minimum Gasteiger partial charge on any atom is -0.312 e. The van der Waals surface area contributed by atoms with Gasteiger partial charge in [-0.2, -0.15) is 0 Å². The normalized spacial score (nSPS) is 15.0. The van der Waals surface area contributed by atoms with Crippen LogP contribution < -0.4 is 5.32 Å². The molecule has 1 heteroatoms. The molecule has 0 saturated carbocycles. The second-order valence-corrected chi connectivity index (χ2v) is 5.79. The lowest BCUT2D eigenvalue weighted by molar-refractivity contribution is 0.372. The van der Waals surface area contributed by atoms with E-state index in [1.54, 1.807) is 0 Å². The maximum Gasteiger partial charge on any atom is 0.00698 e. The van der Waals surface area contributed by atoms with Crippen LogP contribution in [0.15, 0.2) is 18.2 Å². The van der Waals surface area contributed by atoms with Gasteiger partial charge >= 0.3 is 0 Å². The van der Waals surface area contributed by atoms with E-state index in [-0.39, 0.29) is 0 Å². The summed E-state index contributed by atoms with van der Waals surface area (Å²) in [6.07, 6.45) is 1.16. The van der Waals surface area contributed by atoms with Gasteiger partial charge in [0.25, 0.3) is 0 Å². The highest BCUT2D eigenvalue weighted by Gasteiger charge is 2.13. The summed E-state index contributed by atoms with van der Waals surface area (Å²) in [7, 11) is 0. The highest BCUT2D eigenvalue weighted by Crippen LogP contribution is 2.16. The van der Waals surface area contributed by atoms with Crippen molar-refractivity contribution in [3.05, 3.63) is 34.9 Å². The van der Waals surface area contributed by atoms with Crippen LogP contribution in [0.4, 0.5) is 0 Å². The minimum absolute atomic E-state index is 0.562. The van der Waals surface area contributed by atoms with Gasteiger partial charge in [0.2, 0.25) is 0 Å². The molecule has 1 N–H and O–H groups in total. The summed E-state index contributed by atoms with van der Waals surface area (Å²) in [4.78, 5) is 0. The first kappa shape index (κ1) is 14.2. The van der Waals surface area contributed by atoms with E-state index in [4.69, 9.17) is 0 Å². The van der Waals surface area contributed by atoms with E-state index < -0.39 is 0 Å². The molecule has 2 unspecified atom stereocenters. The van der Waals surface area contributed by atoms with Crippen LogP contribution in [-0.2, 0) is 6.42 Å². The van der Waals surface area contributed by atoms with Crippen molar-refractivity contribution < 1.29 is 0 Å². The summed E-state index contributed by atoms with van der Waals surface area (Å²) >= 11 is 0. The molecule has 0 fully saturated rings. The number of rotatable bonds is 5. The lowest BCUT2D eigenvalue weighted by atomic mass is 9.93. The Kier molecular flexibility index (Phi) is 5.20. The first-order valence-electron chi connectivity index (χ1n) is 6.71. The fraction of sp³-hybridized carbons (Fsp3) is 0.625. The van der Waals surface area contributed by atoms with Crippen LogP contribution in [0.3, 0.4) is 0 Å². The second-order valence-electron chi connectivity index (χ2n) is 5.79. The molecule has 0 bridgehead atoms. The molecule has 1 nitrogen and oxygen atoms in total. The van der Waals surface area contributed by atoms with Crippen molar-refractivity contribution in [2.24, 2.45) is 5.92 Å². The Balaban J connectivity index is 2.63. The number of nitrogens with one attached hydrogen (secondary N) is 1. The van der Waals surface area contributed by atoms with E-state index in [9.17, 15) is 0 Å². The molecule has 0 radical (unpaired) electrons. The van der Waals surface area contributed by atoms with Gasteiger partial charge in [-0.15, -0.1) is 0 Å². The third-order valence-electron chi connectivity index (χ3n) is 3.29. The van der Waals surface area contributed by atoms with E-state index >= 15 is 0 Å². The third-order valence-corrected chi connectivity index (χ3v) is 3.29. The van der Waals surface area contributed by atoms with Gasteiger partial charge in [-0.1, -0.05) is 50.1 Å². The van der Waals surface area contributed by atoms with Gasteiger partial charge in [-0.3, -0.25) is 0 Å². The van der Waals surface area contributed by atoms with Gasteiger partial charge in [0.1, 0.15) is 0 Å². The Labute approximate surface area is 107 Å². The fourth-order valence-corrected chi connectivity index (χ4v) is 2.43. The van der Waals surface area contributed by atoms with Crippen LogP contribution in [0.2, 0.25) is 0 Å². The zero-order valence-corrected chi connectivity index (χ0v) is 12.2. The average molecular weight is 233 g/mol. The van der Waals surface area contributed by atoms with Crippen LogP contribution in [0.25, 0.3) is 0 Å². The molecular weight excluding hydrogens is 206 g/mol. The van der Waals surface area contributed by atoms with E-state index in [1.807, 2.05) is 0 Å². The van der Waals surface area contributed by atoms with Gasteiger partial charge < -0.3 is 5.32 Å². The third kappa shape index (κ3) is 4.91. The molecule has 0 aliphatic heterocycles. The zero-order valence-electron chi connectivity index (χ0n) is 12.2. The van der Waals surface area contributed by atoms with Crippen LogP contribution in [0.1, 0.15) is 44.4 Å². The lowest BCUT2D eigenvalue weighted by Crippen LogP contribution is -2.37. The lowest BCUT2D eigenvalue weighted by Gasteiger charge is -2.24. The first-order chi connectivity index (χ1) is 7.88. The topological polar surface area (TPSA) is 12.0 Å². The Morgan fingerprint density at radius 1 is 0.941 bits per heavy atom. The summed E-state index contributed by atoms with van der Waals surface area (Å²) in [5, 5.41) is 3.59. The Morgan fingerprint density at radius 2 is 1.47 bits per heavy atom. The minimum atomic E-state index is 0.562. The molecule has 1 aromatic rings. The molecular formula is C16H27N. The molecule has 0 spiro atoms. The molecule has 96 valence electrons. The maximum atomic E-state index is 3.59. The number of aryl methyl sites for hydroxylation is 2. The summed E-state index contributed by atoms with van der Waals surface area (Å²) in [6, 6.07) is 7.99.